The van der Waals surface area contributed by atoms with E-state index in [9.17, 15) is 14.0 Å². The molecule has 0 atom stereocenters. The van der Waals surface area contributed by atoms with Crippen molar-refractivity contribution in [2.24, 2.45) is 0 Å². The summed E-state index contributed by atoms with van der Waals surface area (Å²) in [5.41, 5.74) is 2.43. The second kappa shape index (κ2) is 7.59. The molecule has 0 unspecified atom stereocenters. The molecule has 1 heterocycles. The fourth-order valence-electron chi connectivity index (χ4n) is 2.85. The van der Waals surface area contributed by atoms with E-state index < -0.39 is 11.6 Å². The number of nitrogens with zero attached hydrogens (tertiary/aromatic N) is 2. The molecule has 1 aromatic heterocycles. The lowest BCUT2D eigenvalue weighted by Crippen LogP contribution is -1.93. The molecule has 0 aliphatic carbocycles. The van der Waals surface area contributed by atoms with E-state index in [-0.39, 0.29) is 0 Å². The number of aromatic nitrogens is 1. The van der Waals surface area contributed by atoms with Crippen molar-refractivity contribution in [2.45, 2.75) is 0 Å². The first-order chi connectivity index (χ1) is 13.7. The number of nitrogens with one attached hydrogen (secondary N) is 1. The van der Waals surface area contributed by atoms with Crippen molar-refractivity contribution in [2.75, 3.05) is 5.32 Å². The van der Waals surface area contributed by atoms with E-state index in [4.69, 9.17) is 0 Å². The zero-order valence-corrected chi connectivity index (χ0v) is 15.3. The standard InChI is InChI=1S/C22H13F2N3S/c23-19-9-8-16(10-20(19)24)26-12-15(11-25)22-27-21(13-28-22)18-7-3-5-14-4-1-2-6-17(14)18/h1-10,12-13,26H/b15-12+. The molecule has 0 saturated carbocycles. The minimum absolute atomic E-state index is 0.307. The van der Waals surface area contributed by atoms with Gasteiger partial charge in [0.15, 0.2) is 11.6 Å². The molecule has 28 heavy (non-hydrogen) atoms. The SMILES string of the molecule is N#C/C(=C\Nc1ccc(F)c(F)c1)c1nc(-c2cccc3ccccc23)cs1. The molecule has 1 N–H and O–H groups in total. The van der Waals surface area contributed by atoms with Gasteiger partial charge in [-0.3, -0.25) is 0 Å². The molecule has 136 valence electrons. The van der Waals surface area contributed by atoms with Crippen molar-refractivity contribution >= 4 is 33.4 Å². The summed E-state index contributed by atoms with van der Waals surface area (Å²) in [6.45, 7) is 0. The lowest BCUT2D eigenvalue weighted by Gasteiger charge is -2.03. The Balaban J connectivity index is 1.65. The summed E-state index contributed by atoms with van der Waals surface area (Å²) in [7, 11) is 0. The third kappa shape index (κ3) is 3.48. The highest BCUT2D eigenvalue weighted by atomic mass is 32.1. The fraction of sp³-hybridized carbons (Fsp3) is 0. The van der Waals surface area contributed by atoms with Gasteiger partial charge < -0.3 is 5.32 Å². The quantitative estimate of drug-likeness (QED) is 0.422. The molecule has 0 saturated heterocycles. The number of anilines is 1. The van der Waals surface area contributed by atoms with Crippen LogP contribution >= 0.6 is 11.3 Å². The monoisotopic (exact) mass is 389 g/mol. The predicted octanol–water partition coefficient (Wildman–Crippen LogP) is 6.22. The maximum atomic E-state index is 13.3. The van der Waals surface area contributed by atoms with Gasteiger partial charge in [0.25, 0.3) is 0 Å². The van der Waals surface area contributed by atoms with E-state index in [1.807, 2.05) is 47.8 Å². The number of benzene rings is 3. The van der Waals surface area contributed by atoms with Gasteiger partial charge in [0.2, 0.25) is 0 Å². The molecule has 6 heteroatoms. The summed E-state index contributed by atoms with van der Waals surface area (Å²) >= 11 is 1.35. The van der Waals surface area contributed by atoms with E-state index in [1.54, 1.807) is 0 Å². The van der Waals surface area contributed by atoms with Gasteiger partial charge in [0.1, 0.15) is 16.6 Å². The molecule has 0 amide bonds. The van der Waals surface area contributed by atoms with Crippen molar-refractivity contribution in [1.82, 2.24) is 4.98 Å². The van der Waals surface area contributed by atoms with Crippen LogP contribution in [-0.4, -0.2) is 4.98 Å². The highest BCUT2D eigenvalue weighted by Crippen LogP contribution is 2.31. The predicted molar refractivity (Wildman–Crippen MR) is 109 cm³/mol. The fourth-order valence-corrected chi connectivity index (χ4v) is 3.64. The molecule has 0 fully saturated rings. The molecule has 0 aliphatic heterocycles. The number of fused-ring (bicyclic) bond motifs is 1. The van der Waals surface area contributed by atoms with Crippen molar-refractivity contribution in [1.29, 1.82) is 5.26 Å². The van der Waals surface area contributed by atoms with Gasteiger partial charge in [-0.1, -0.05) is 42.5 Å². The summed E-state index contributed by atoms with van der Waals surface area (Å²) in [6.07, 6.45) is 1.44. The van der Waals surface area contributed by atoms with Crippen molar-refractivity contribution < 1.29 is 8.78 Å². The zero-order chi connectivity index (χ0) is 19.5. The Bertz CT molecular complexity index is 1230. The average Bonchev–Trinajstić information content (AvgIpc) is 3.20. The van der Waals surface area contributed by atoms with E-state index in [0.29, 0.717) is 16.3 Å². The topological polar surface area (TPSA) is 48.7 Å². The molecule has 3 aromatic carbocycles. The number of rotatable bonds is 4. The average molecular weight is 389 g/mol. The van der Waals surface area contributed by atoms with Gasteiger partial charge in [0.05, 0.1) is 5.69 Å². The maximum absolute atomic E-state index is 13.3. The van der Waals surface area contributed by atoms with Crippen molar-refractivity contribution in [3.05, 3.63) is 88.9 Å². The minimum atomic E-state index is -0.954. The number of thiazole rings is 1. The van der Waals surface area contributed by atoms with Crippen LogP contribution in [0.1, 0.15) is 5.01 Å². The maximum Gasteiger partial charge on any atom is 0.160 e. The minimum Gasteiger partial charge on any atom is -0.360 e. The highest BCUT2D eigenvalue weighted by molar-refractivity contribution is 7.11. The van der Waals surface area contributed by atoms with Gasteiger partial charge in [-0.15, -0.1) is 11.3 Å². The van der Waals surface area contributed by atoms with E-state index in [1.165, 1.54) is 23.6 Å². The second-order valence-corrected chi connectivity index (χ2v) is 6.87. The van der Waals surface area contributed by atoms with Crippen LogP contribution in [0.25, 0.3) is 27.6 Å². The van der Waals surface area contributed by atoms with Gasteiger partial charge in [-0.2, -0.15) is 5.26 Å². The smallest absolute Gasteiger partial charge is 0.160 e. The van der Waals surface area contributed by atoms with Crippen LogP contribution < -0.4 is 5.32 Å². The Morgan fingerprint density at radius 2 is 1.86 bits per heavy atom. The summed E-state index contributed by atoms with van der Waals surface area (Å²) in [5.74, 6) is -1.88. The first kappa shape index (κ1) is 17.8. The van der Waals surface area contributed by atoms with Gasteiger partial charge in [-0.25, -0.2) is 13.8 Å². The van der Waals surface area contributed by atoms with E-state index in [0.717, 1.165) is 34.2 Å². The van der Waals surface area contributed by atoms with Crippen LogP contribution in [0.15, 0.2) is 72.2 Å². The number of hydrogen-bond donors (Lipinski definition) is 1. The summed E-state index contributed by atoms with van der Waals surface area (Å²) in [4.78, 5) is 4.60. The van der Waals surface area contributed by atoms with Crippen molar-refractivity contribution in [3.63, 3.8) is 0 Å². The van der Waals surface area contributed by atoms with Gasteiger partial charge >= 0.3 is 0 Å². The van der Waals surface area contributed by atoms with Gasteiger partial charge in [-0.05, 0) is 22.9 Å². The Morgan fingerprint density at radius 1 is 1.04 bits per heavy atom. The molecule has 3 nitrogen and oxygen atoms in total. The molecule has 0 radical (unpaired) electrons. The van der Waals surface area contributed by atoms with Crippen molar-refractivity contribution in [3.8, 4) is 17.3 Å². The molecule has 4 aromatic rings. The molecule has 4 rings (SSSR count). The molecule has 0 spiro atoms. The first-order valence-electron chi connectivity index (χ1n) is 8.41. The first-order valence-corrected chi connectivity index (χ1v) is 9.29. The Morgan fingerprint density at radius 3 is 2.68 bits per heavy atom. The molecule has 0 aliphatic rings. The number of allylic oxidation sites excluding steroid dienone is 1. The Hall–Kier alpha value is -3.56. The molecular formula is C22H13F2N3S. The van der Waals surface area contributed by atoms with Crippen LogP contribution in [0.4, 0.5) is 14.5 Å². The summed E-state index contributed by atoms with van der Waals surface area (Å²) in [5, 5.41) is 16.9. The van der Waals surface area contributed by atoms with Crippen LogP contribution in [0.5, 0.6) is 0 Å². The second-order valence-electron chi connectivity index (χ2n) is 6.01. The zero-order valence-electron chi connectivity index (χ0n) is 14.5. The van der Waals surface area contributed by atoms with E-state index in [2.05, 4.69) is 16.4 Å². The number of nitriles is 1. The van der Waals surface area contributed by atoms with Crippen LogP contribution in [0, 0.1) is 23.0 Å². The lowest BCUT2D eigenvalue weighted by molar-refractivity contribution is 0.509. The third-order valence-corrected chi connectivity index (χ3v) is 5.10. The number of hydrogen-bond acceptors (Lipinski definition) is 4. The van der Waals surface area contributed by atoms with Gasteiger partial charge in [0, 0.05) is 28.9 Å². The van der Waals surface area contributed by atoms with Crippen LogP contribution in [0.2, 0.25) is 0 Å². The van der Waals surface area contributed by atoms with E-state index >= 15 is 0 Å². The third-order valence-electron chi connectivity index (χ3n) is 4.22. The molecule has 0 bridgehead atoms. The number of halogens is 2. The van der Waals surface area contributed by atoms with Crippen LogP contribution in [-0.2, 0) is 0 Å². The Labute approximate surface area is 164 Å². The summed E-state index contributed by atoms with van der Waals surface area (Å²) in [6, 6.07) is 19.6. The summed E-state index contributed by atoms with van der Waals surface area (Å²) < 4.78 is 26.3. The normalized spacial score (nSPS) is 11.4. The lowest BCUT2D eigenvalue weighted by atomic mass is 10.0. The van der Waals surface area contributed by atoms with Crippen LogP contribution in [0.3, 0.4) is 0 Å². The molecular weight excluding hydrogens is 376 g/mol. The largest absolute Gasteiger partial charge is 0.360 e. The highest BCUT2D eigenvalue weighted by Gasteiger charge is 2.11. The Kier molecular flexibility index (Phi) is 4.83.